The number of benzene rings is 3. The molecular formula is C31H39N3O4S. The van der Waals surface area contributed by atoms with Crippen LogP contribution in [0, 0.1) is 13.8 Å². The lowest BCUT2D eigenvalue weighted by Crippen LogP contribution is -2.51. The number of amides is 2. The van der Waals surface area contributed by atoms with Gasteiger partial charge in [0.1, 0.15) is 12.6 Å². The highest BCUT2D eigenvalue weighted by Crippen LogP contribution is 2.28. The van der Waals surface area contributed by atoms with Gasteiger partial charge in [-0.25, -0.2) is 8.42 Å². The molecule has 0 aliphatic heterocycles. The molecule has 2 amide bonds. The van der Waals surface area contributed by atoms with Gasteiger partial charge in [-0.05, 0) is 62.9 Å². The van der Waals surface area contributed by atoms with Gasteiger partial charge in [0, 0.05) is 13.1 Å². The van der Waals surface area contributed by atoms with Crippen LogP contribution >= 0.6 is 0 Å². The lowest BCUT2D eigenvalue weighted by molar-refractivity contribution is -0.139. The predicted molar refractivity (Wildman–Crippen MR) is 156 cm³/mol. The molecule has 0 spiro atoms. The number of aryl methyl sites for hydroxylation is 3. The fourth-order valence-corrected chi connectivity index (χ4v) is 5.84. The Hall–Kier alpha value is -3.65. The van der Waals surface area contributed by atoms with Crippen LogP contribution < -0.4 is 9.62 Å². The number of carbonyl (C=O) groups is 2. The van der Waals surface area contributed by atoms with Crippen molar-refractivity contribution in [2.75, 3.05) is 17.4 Å². The van der Waals surface area contributed by atoms with Gasteiger partial charge >= 0.3 is 0 Å². The first-order valence-electron chi connectivity index (χ1n) is 13.4. The van der Waals surface area contributed by atoms with Crippen molar-refractivity contribution in [1.82, 2.24) is 10.2 Å². The van der Waals surface area contributed by atoms with Crippen molar-refractivity contribution < 1.29 is 18.0 Å². The number of para-hydroxylation sites is 1. The van der Waals surface area contributed by atoms with Crippen LogP contribution in [0.3, 0.4) is 0 Å². The van der Waals surface area contributed by atoms with Crippen LogP contribution in [0.4, 0.5) is 5.69 Å². The van der Waals surface area contributed by atoms with E-state index in [1.54, 1.807) is 43.3 Å². The molecule has 3 aromatic carbocycles. The molecule has 0 radical (unpaired) electrons. The molecule has 39 heavy (non-hydrogen) atoms. The number of nitrogens with zero attached hydrogens (tertiary/aromatic N) is 2. The second kappa shape index (κ2) is 13.4. The zero-order chi connectivity index (χ0) is 28.6. The minimum atomic E-state index is -4.09. The van der Waals surface area contributed by atoms with Crippen LogP contribution in [0.5, 0.6) is 0 Å². The Bertz CT molecular complexity index is 1390. The van der Waals surface area contributed by atoms with Gasteiger partial charge in [-0.2, -0.15) is 0 Å². The molecular weight excluding hydrogens is 510 g/mol. The zero-order valence-corrected chi connectivity index (χ0v) is 24.3. The SMILES string of the molecule is CCCNC(=O)[C@@H](C)N(Cc1cccc(C)c1)C(=O)CN(c1ccccc1CC)S(=O)(=O)c1ccc(C)cc1. The summed E-state index contributed by atoms with van der Waals surface area (Å²) in [4.78, 5) is 28.5. The standard InChI is InChI=1S/C31H39N3O4S/c1-6-19-32-31(36)25(5)33(21-26-12-10-11-24(4)20-26)30(35)22-34(29-14-9-8-13-27(29)7-2)39(37,38)28-17-15-23(3)16-18-28/h8-18,20,25H,6-7,19,21-22H2,1-5H3,(H,32,36)/t25-/m1/s1. The monoisotopic (exact) mass is 549 g/mol. The van der Waals surface area contributed by atoms with Gasteiger partial charge in [-0.1, -0.05) is 79.6 Å². The van der Waals surface area contributed by atoms with Gasteiger partial charge in [-0.3, -0.25) is 13.9 Å². The highest BCUT2D eigenvalue weighted by molar-refractivity contribution is 7.92. The molecule has 208 valence electrons. The largest absolute Gasteiger partial charge is 0.354 e. The molecule has 8 heteroatoms. The highest BCUT2D eigenvalue weighted by Gasteiger charge is 2.33. The van der Waals surface area contributed by atoms with Gasteiger partial charge in [0.25, 0.3) is 10.0 Å². The molecule has 7 nitrogen and oxygen atoms in total. The molecule has 1 N–H and O–H groups in total. The molecule has 0 aliphatic carbocycles. The number of carbonyl (C=O) groups excluding carboxylic acids is 2. The van der Waals surface area contributed by atoms with E-state index in [-0.39, 0.29) is 17.3 Å². The second-order valence-electron chi connectivity index (χ2n) is 9.78. The Morgan fingerprint density at radius 3 is 2.23 bits per heavy atom. The Labute approximate surface area is 232 Å². The summed E-state index contributed by atoms with van der Waals surface area (Å²) in [5.41, 5.74) is 4.08. The van der Waals surface area contributed by atoms with Crippen molar-refractivity contribution in [2.45, 2.75) is 64.9 Å². The molecule has 1 atom stereocenters. The normalized spacial score (nSPS) is 12.0. The molecule has 0 aliphatic rings. The average molecular weight is 550 g/mol. The number of sulfonamides is 1. The van der Waals surface area contributed by atoms with Crippen LogP contribution in [0.1, 0.15) is 49.4 Å². The maximum Gasteiger partial charge on any atom is 0.264 e. The van der Waals surface area contributed by atoms with E-state index in [0.717, 1.165) is 28.7 Å². The topological polar surface area (TPSA) is 86.8 Å². The third kappa shape index (κ3) is 7.47. The third-order valence-corrected chi connectivity index (χ3v) is 8.45. The van der Waals surface area contributed by atoms with Crippen LogP contribution in [-0.4, -0.2) is 44.3 Å². The Morgan fingerprint density at radius 1 is 0.897 bits per heavy atom. The summed E-state index contributed by atoms with van der Waals surface area (Å²) >= 11 is 0. The summed E-state index contributed by atoms with van der Waals surface area (Å²) in [6.07, 6.45) is 1.35. The first kappa shape index (κ1) is 29.9. The van der Waals surface area contributed by atoms with E-state index in [0.29, 0.717) is 18.7 Å². The van der Waals surface area contributed by atoms with Crippen LogP contribution in [-0.2, 0) is 32.6 Å². The molecule has 0 aromatic heterocycles. The molecule has 0 saturated carbocycles. The second-order valence-corrected chi connectivity index (χ2v) is 11.6. The fourth-order valence-electron chi connectivity index (χ4n) is 4.39. The average Bonchev–Trinajstić information content (AvgIpc) is 2.93. The quantitative estimate of drug-likeness (QED) is 0.344. The van der Waals surface area contributed by atoms with E-state index in [1.807, 2.05) is 64.1 Å². The van der Waals surface area contributed by atoms with Gasteiger partial charge in [0.15, 0.2) is 0 Å². The maximum absolute atomic E-state index is 14.0. The van der Waals surface area contributed by atoms with Crippen molar-refractivity contribution in [3.8, 4) is 0 Å². The van der Waals surface area contributed by atoms with Gasteiger partial charge < -0.3 is 10.2 Å². The summed E-state index contributed by atoms with van der Waals surface area (Å²) in [5.74, 6) is -0.739. The number of hydrogen-bond donors (Lipinski definition) is 1. The minimum Gasteiger partial charge on any atom is -0.354 e. The number of rotatable bonds is 12. The number of hydrogen-bond acceptors (Lipinski definition) is 4. The van der Waals surface area contributed by atoms with Crippen molar-refractivity contribution in [1.29, 1.82) is 0 Å². The first-order valence-corrected chi connectivity index (χ1v) is 14.8. The molecule has 0 fully saturated rings. The lowest BCUT2D eigenvalue weighted by atomic mass is 10.1. The number of anilines is 1. The molecule has 0 heterocycles. The zero-order valence-electron chi connectivity index (χ0n) is 23.5. The van der Waals surface area contributed by atoms with E-state index in [2.05, 4.69) is 5.32 Å². The minimum absolute atomic E-state index is 0.103. The van der Waals surface area contributed by atoms with Crippen molar-refractivity contribution in [2.24, 2.45) is 0 Å². The van der Waals surface area contributed by atoms with Crippen LogP contribution in [0.15, 0.2) is 77.7 Å². The van der Waals surface area contributed by atoms with E-state index >= 15 is 0 Å². The van der Waals surface area contributed by atoms with E-state index in [9.17, 15) is 18.0 Å². The van der Waals surface area contributed by atoms with Crippen LogP contribution in [0.25, 0.3) is 0 Å². The maximum atomic E-state index is 14.0. The summed E-state index contributed by atoms with van der Waals surface area (Å²) in [6, 6.07) is 20.7. The Balaban J connectivity index is 2.06. The summed E-state index contributed by atoms with van der Waals surface area (Å²) in [7, 11) is -4.09. The van der Waals surface area contributed by atoms with E-state index in [4.69, 9.17) is 0 Å². The van der Waals surface area contributed by atoms with Crippen molar-refractivity contribution in [3.63, 3.8) is 0 Å². The third-order valence-electron chi connectivity index (χ3n) is 6.68. The molecule has 0 saturated heterocycles. The molecule has 3 rings (SSSR count). The smallest absolute Gasteiger partial charge is 0.264 e. The predicted octanol–water partition coefficient (Wildman–Crippen LogP) is 5.00. The summed E-state index contributed by atoms with van der Waals surface area (Å²) in [6.45, 7) is 9.66. The van der Waals surface area contributed by atoms with Gasteiger partial charge in [-0.15, -0.1) is 0 Å². The van der Waals surface area contributed by atoms with Gasteiger partial charge in [0.05, 0.1) is 10.6 Å². The van der Waals surface area contributed by atoms with E-state index < -0.39 is 28.5 Å². The Morgan fingerprint density at radius 2 is 1.59 bits per heavy atom. The van der Waals surface area contributed by atoms with E-state index in [1.165, 1.54) is 9.21 Å². The van der Waals surface area contributed by atoms with Gasteiger partial charge in [0.2, 0.25) is 11.8 Å². The Kier molecular flexibility index (Phi) is 10.3. The number of nitrogens with one attached hydrogen (secondary N) is 1. The van der Waals surface area contributed by atoms with Crippen molar-refractivity contribution >= 4 is 27.5 Å². The summed E-state index contributed by atoms with van der Waals surface area (Å²) < 4.78 is 29.2. The fraction of sp³-hybridized carbons (Fsp3) is 0.355. The lowest BCUT2D eigenvalue weighted by Gasteiger charge is -2.32. The molecule has 0 unspecified atom stereocenters. The molecule has 3 aromatic rings. The highest BCUT2D eigenvalue weighted by atomic mass is 32.2. The van der Waals surface area contributed by atoms with Crippen molar-refractivity contribution in [3.05, 3.63) is 95.1 Å². The first-order chi connectivity index (χ1) is 18.6. The molecule has 0 bridgehead atoms. The van der Waals surface area contributed by atoms with Crippen LogP contribution in [0.2, 0.25) is 0 Å². The summed E-state index contributed by atoms with van der Waals surface area (Å²) in [5, 5.41) is 2.86.